The van der Waals surface area contributed by atoms with E-state index in [9.17, 15) is 4.79 Å². The molecule has 1 N–H and O–H groups in total. The van der Waals surface area contributed by atoms with E-state index in [1.54, 1.807) is 30.5 Å². The van der Waals surface area contributed by atoms with Crippen LogP contribution in [0.3, 0.4) is 0 Å². The number of nitriles is 1. The quantitative estimate of drug-likeness (QED) is 0.468. The van der Waals surface area contributed by atoms with E-state index in [0.29, 0.717) is 22.2 Å². The van der Waals surface area contributed by atoms with Crippen LogP contribution in [0.5, 0.6) is 0 Å². The van der Waals surface area contributed by atoms with Crippen molar-refractivity contribution in [2.75, 3.05) is 11.1 Å². The lowest BCUT2D eigenvalue weighted by molar-refractivity contribution is -0.113. The Labute approximate surface area is 177 Å². The van der Waals surface area contributed by atoms with Gasteiger partial charge in [0, 0.05) is 11.4 Å². The lowest BCUT2D eigenvalue weighted by atomic mass is 10.2. The summed E-state index contributed by atoms with van der Waals surface area (Å²) < 4.78 is 7.34. The standard InChI is InChI=1S/C22H17N5O2S/c1-15-19(10-11-29-15)21-25-26-22(27(21)18-8-3-2-4-9-18)30-14-20(28)24-17-7-5-6-16(12-17)13-23/h2-12H,14H2,1H3,(H,24,28). The number of hydrogen-bond acceptors (Lipinski definition) is 6. The Bertz CT molecular complexity index is 1220. The SMILES string of the molecule is Cc1occc1-c1nnc(SCC(=O)Nc2cccc(C#N)c2)n1-c1ccccc1. The van der Waals surface area contributed by atoms with Gasteiger partial charge in [-0.15, -0.1) is 10.2 Å². The molecule has 0 aliphatic heterocycles. The van der Waals surface area contributed by atoms with E-state index in [4.69, 9.17) is 9.68 Å². The normalized spacial score (nSPS) is 10.5. The van der Waals surface area contributed by atoms with Gasteiger partial charge in [-0.3, -0.25) is 9.36 Å². The molecule has 8 heteroatoms. The molecule has 4 rings (SSSR count). The highest BCUT2D eigenvalue weighted by Crippen LogP contribution is 2.30. The first kappa shape index (κ1) is 19.5. The topological polar surface area (TPSA) is 96.7 Å². The minimum Gasteiger partial charge on any atom is -0.469 e. The molecular formula is C22H17N5O2S. The molecule has 2 heterocycles. The molecule has 0 fully saturated rings. The number of carbonyl (C=O) groups excluding carboxylic acids is 1. The van der Waals surface area contributed by atoms with Crippen LogP contribution in [0.2, 0.25) is 0 Å². The zero-order valence-corrected chi connectivity index (χ0v) is 16.9. The fraction of sp³-hybridized carbons (Fsp3) is 0.0909. The van der Waals surface area contributed by atoms with E-state index in [1.165, 1.54) is 11.8 Å². The smallest absolute Gasteiger partial charge is 0.234 e. The van der Waals surface area contributed by atoms with Crippen molar-refractivity contribution < 1.29 is 9.21 Å². The third-order valence-electron chi connectivity index (χ3n) is 4.36. The molecule has 30 heavy (non-hydrogen) atoms. The lowest BCUT2D eigenvalue weighted by Crippen LogP contribution is -2.14. The Hall–Kier alpha value is -3.83. The van der Waals surface area contributed by atoms with Gasteiger partial charge < -0.3 is 9.73 Å². The highest BCUT2D eigenvalue weighted by molar-refractivity contribution is 7.99. The summed E-state index contributed by atoms with van der Waals surface area (Å²) in [6.07, 6.45) is 1.62. The van der Waals surface area contributed by atoms with Gasteiger partial charge in [-0.2, -0.15) is 5.26 Å². The number of anilines is 1. The van der Waals surface area contributed by atoms with E-state index in [1.807, 2.05) is 47.9 Å². The van der Waals surface area contributed by atoms with E-state index >= 15 is 0 Å². The second-order valence-corrected chi connectivity index (χ2v) is 7.34. The summed E-state index contributed by atoms with van der Waals surface area (Å²) in [4.78, 5) is 12.4. The van der Waals surface area contributed by atoms with Gasteiger partial charge in [0.05, 0.1) is 29.2 Å². The van der Waals surface area contributed by atoms with Crippen molar-refractivity contribution in [3.05, 3.63) is 78.3 Å². The second kappa shape index (κ2) is 8.68. The summed E-state index contributed by atoms with van der Waals surface area (Å²) in [5.74, 6) is 1.34. The monoisotopic (exact) mass is 415 g/mol. The number of rotatable bonds is 6. The van der Waals surface area contributed by atoms with Crippen LogP contribution in [0.1, 0.15) is 11.3 Å². The van der Waals surface area contributed by atoms with Crippen LogP contribution in [0.25, 0.3) is 17.1 Å². The number of furan rings is 1. The molecule has 7 nitrogen and oxygen atoms in total. The van der Waals surface area contributed by atoms with Crippen molar-refractivity contribution in [1.29, 1.82) is 5.26 Å². The van der Waals surface area contributed by atoms with Crippen LogP contribution in [0.4, 0.5) is 5.69 Å². The van der Waals surface area contributed by atoms with Crippen molar-refractivity contribution >= 4 is 23.4 Å². The van der Waals surface area contributed by atoms with Gasteiger partial charge in [-0.25, -0.2) is 0 Å². The summed E-state index contributed by atoms with van der Waals surface area (Å²) in [5.41, 5.74) is 2.81. The molecule has 148 valence electrons. The zero-order valence-electron chi connectivity index (χ0n) is 16.1. The van der Waals surface area contributed by atoms with Gasteiger partial charge in [-0.05, 0) is 43.3 Å². The highest BCUT2D eigenvalue weighted by atomic mass is 32.2. The van der Waals surface area contributed by atoms with Crippen LogP contribution < -0.4 is 5.32 Å². The number of hydrogen-bond donors (Lipinski definition) is 1. The first-order valence-electron chi connectivity index (χ1n) is 9.14. The summed E-state index contributed by atoms with van der Waals surface area (Å²) in [5, 5.41) is 21.0. The van der Waals surface area contributed by atoms with E-state index in [0.717, 1.165) is 17.0 Å². The molecule has 0 radical (unpaired) electrons. The van der Waals surface area contributed by atoms with Gasteiger partial charge >= 0.3 is 0 Å². The van der Waals surface area contributed by atoms with Crippen LogP contribution in [-0.2, 0) is 4.79 Å². The van der Waals surface area contributed by atoms with Crippen molar-refractivity contribution in [2.45, 2.75) is 12.1 Å². The summed E-state index contributed by atoms with van der Waals surface area (Å²) in [6.45, 7) is 1.87. The number of carbonyl (C=O) groups is 1. The molecule has 0 aliphatic rings. The summed E-state index contributed by atoms with van der Waals surface area (Å²) in [7, 11) is 0. The van der Waals surface area contributed by atoms with Crippen LogP contribution in [0, 0.1) is 18.3 Å². The van der Waals surface area contributed by atoms with Gasteiger partial charge in [0.2, 0.25) is 5.91 Å². The van der Waals surface area contributed by atoms with Gasteiger partial charge in [0.1, 0.15) is 5.76 Å². The number of aryl methyl sites for hydroxylation is 1. The maximum Gasteiger partial charge on any atom is 0.234 e. The van der Waals surface area contributed by atoms with Crippen LogP contribution in [-0.4, -0.2) is 26.4 Å². The van der Waals surface area contributed by atoms with Crippen LogP contribution >= 0.6 is 11.8 Å². The third kappa shape index (κ3) is 4.11. The van der Waals surface area contributed by atoms with Crippen molar-refractivity contribution in [1.82, 2.24) is 14.8 Å². The first-order valence-corrected chi connectivity index (χ1v) is 10.1. The number of nitrogens with one attached hydrogen (secondary N) is 1. The molecule has 0 unspecified atom stereocenters. The van der Waals surface area contributed by atoms with E-state index in [-0.39, 0.29) is 11.7 Å². The molecular weight excluding hydrogens is 398 g/mol. The molecule has 2 aromatic carbocycles. The number of aromatic nitrogens is 3. The summed E-state index contributed by atoms with van der Waals surface area (Å²) in [6, 6.07) is 20.4. The average molecular weight is 415 g/mol. The fourth-order valence-corrected chi connectivity index (χ4v) is 3.71. The minimum absolute atomic E-state index is 0.145. The minimum atomic E-state index is -0.196. The first-order chi connectivity index (χ1) is 14.7. The molecule has 0 bridgehead atoms. The predicted molar refractivity (Wildman–Crippen MR) is 114 cm³/mol. The summed E-state index contributed by atoms with van der Waals surface area (Å²) >= 11 is 1.28. The third-order valence-corrected chi connectivity index (χ3v) is 5.28. The van der Waals surface area contributed by atoms with Gasteiger partial charge in [0.25, 0.3) is 0 Å². The number of benzene rings is 2. The average Bonchev–Trinajstić information content (AvgIpc) is 3.38. The molecule has 0 aliphatic carbocycles. The van der Waals surface area contributed by atoms with E-state index in [2.05, 4.69) is 21.6 Å². The molecule has 2 aromatic heterocycles. The number of thioether (sulfide) groups is 1. The molecule has 0 spiro atoms. The predicted octanol–water partition coefficient (Wildman–Crippen LogP) is 4.44. The van der Waals surface area contributed by atoms with Gasteiger partial charge in [0.15, 0.2) is 11.0 Å². The van der Waals surface area contributed by atoms with E-state index < -0.39 is 0 Å². The number of nitrogens with zero attached hydrogens (tertiary/aromatic N) is 4. The Balaban J connectivity index is 1.57. The maximum absolute atomic E-state index is 12.4. The Kier molecular flexibility index (Phi) is 5.63. The Morgan fingerprint density at radius 3 is 2.73 bits per heavy atom. The van der Waals surface area contributed by atoms with Crippen molar-refractivity contribution in [3.63, 3.8) is 0 Å². The number of para-hydroxylation sites is 1. The Morgan fingerprint density at radius 2 is 2.00 bits per heavy atom. The maximum atomic E-state index is 12.4. The highest BCUT2D eigenvalue weighted by Gasteiger charge is 2.19. The molecule has 0 atom stereocenters. The largest absolute Gasteiger partial charge is 0.469 e. The van der Waals surface area contributed by atoms with Crippen molar-refractivity contribution in [2.24, 2.45) is 0 Å². The lowest BCUT2D eigenvalue weighted by Gasteiger charge is -2.10. The fourth-order valence-electron chi connectivity index (χ4n) is 2.96. The van der Waals surface area contributed by atoms with Crippen molar-refractivity contribution in [3.8, 4) is 23.1 Å². The van der Waals surface area contributed by atoms with Crippen LogP contribution in [0.15, 0.2) is 76.5 Å². The Morgan fingerprint density at radius 1 is 1.17 bits per heavy atom. The molecule has 0 saturated carbocycles. The second-order valence-electron chi connectivity index (χ2n) is 6.40. The zero-order chi connectivity index (χ0) is 20.9. The molecule has 1 amide bonds. The van der Waals surface area contributed by atoms with Gasteiger partial charge in [-0.1, -0.05) is 36.0 Å². The molecule has 0 saturated heterocycles. The molecule has 4 aromatic rings. The number of amides is 1.